The molecule has 0 unspecified atom stereocenters. The molecule has 0 saturated carbocycles. The van der Waals surface area contributed by atoms with Crippen LogP contribution < -0.4 is 5.32 Å². The molecular formula is C18H23ClN2O2. The van der Waals surface area contributed by atoms with Crippen molar-refractivity contribution in [2.75, 3.05) is 26.2 Å². The summed E-state index contributed by atoms with van der Waals surface area (Å²) in [5, 5.41) is 4.86. The Kier molecular flexibility index (Phi) is 4.93. The molecule has 0 bridgehead atoms. The molecule has 3 rings (SSSR count). The molecule has 0 radical (unpaired) electrons. The molecule has 1 fully saturated rings. The van der Waals surface area contributed by atoms with Gasteiger partial charge in [-0.1, -0.05) is 30.7 Å². The van der Waals surface area contributed by atoms with E-state index in [-0.39, 0.29) is 5.91 Å². The molecule has 4 nitrogen and oxygen atoms in total. The van der Waals surface area contributed by atoms with E-state index in [1.54, 1.807) is 6.07 Å². The number of fused-ring (bicyclic) bond motifs is 1. The number of furan rings is 1. The van der Waals surface area contributed by atoms with E-state index in [1.165, 1.54) is 0 Å². The fourth-order valence-electron chi connectivity index (χ4n) is 3.25. The lowest BCUT2D eigenvalue weighted by molar-refractivity contribution is 0.0659. The van der Waals surface area contributed by atoms with Gasteiger partial charge in [0.25, 0.3) is 5.91 Å². The van der Waals surface area contributed by atoms with Gasteiger partial charge >= 0.3 is 0 Å². The molecule has 23 heavy (non-hydrogen) atoms. The Balaban J connectivity index is 1.74. The summed E-state index contributed by atoms with van der Waals surface area (Å²) in [6, 6.07) is 5.61. The highest BCUT2D eigenvalue weighted by Crippen LogP contribution is 2.32. The highest BCUT2D eigenvalue weighted by atomic mass is 35.5. The number of aryl methyl sites for hydroxylation is 1. The third kappa shape index (κ3) is 3.24. The summed E-state index contributed by atoms with van der Waals surface area (Å²) < 4.78 is 5.80. The number of nitrogens with one attached hydrogen (secondary N) is 1. The number of likely N-dealkylation sites (tertiary alicyclic amines) is 1. The zero-order valence-corrected chi connectivity index (χ0v) is 14.4. The molecule has 1 aromatic carbocycles. The van der Waals surface area contributed by atoms with Gasteiger partial charge in [-0.25, -0.2) is 0 Å². The molecule has 2 aromatic rings. The number of halogens is 1. The van der Waals surface area contributed by atoms with Gasteiger partial charge in [0.2, 0.25) is 0 Å². The summed E-state index contributed by atoms with van der Waals surface area (Å²) in [4.78, 5) is 14.7. The van der Waals surface area contributed by atoms with E-state index in [9.17, 15) is 4.79 Å². The van der Waals surface area contributed by atoms with Crippen LogP contribution in [0, 0.1) is 12.8 Å². The minimum atomic E-state index is -0.0170. The van der Waals surface area contributed by atoms with Gasteiger partial charge < -0.3 is 14.6 Å². The fraction of sp³-hybridized carbons (Fsp3) is 0.500. The van der Waals surface area contributed by atoms with E-state index in [0.717, 1.165) is 50.0 Å². The van der Waals surface area contributed by atoms with Crippen LogP contribution in [0.2, 0.25) is 5.02 Å². The Morgan fingerprint density at radius 1 is 1.39 bits per heavy atom. The first-order chi connectivity index (χ1) is 11.1. The van der Waals surface area contributed by atoms with Gasteiger partial charge in [0.15, 0.2) is 11.3 Å². The van der Waals surface area contributed by atoms with Crippen LogP contribution in [0.25, 0.3) is 11.0 Å². The third-order valence-corrected chi connectivity index (χ3v) is 4.99. The first-order valence-corrected chi connectivity index (χ1v) is 8.67. The standard InChI is InChI=1S/C18H23ClN2O2/c1-3-20-11-13-7-9-21(10-8-13)18(22)16-12(2)14-5-4-6-15(19)17(14)23-16/h4-6,13,20H,3,7-11H2,1-2H3. The van der Waals surface area contributed by atoms with Crippen molar-refractivity contribution in [2.45, 2.75) is 26.7 Å². The molecule has 0 atom stereocenters. The third-order valence-electron chi connectivity index (χ3n) is 4.69. The lowest BCUT2D eigenvalue weighted by atomic mass is 9.96. The van der Waals surface area contributed by atoms with Crippen molar-refractivity contribution >= 4 is 28.5 Å². The number of nitrogens with zero attached hydrogens (tertiary/aromatic N) is 1. The Bertz CT molecular complexity index is 702. The summed E-state index contributed by atoms with van der Waals surface area (Å²) in [7, 11) is 0. The lowest BCUT2D eigenvalue weighted by Gasteiger charge is -2.31. The predicted molar refractivity (Wildman–Crippen MR) is 93.1 cm³/mol. The highest BCUT2D eigenvalue weighted by Gasteiger charge is 2.27. The van der Waals surface area contributed by atoms with Crippen molar-refractivity contribution in [3.8, 4) is 0 Å². The summed E-state index contributed by atoms with van der Waals surface area (Å²) in [5.41, 5.74) is 1.49. The number of rotatable bonds is 4. The van der Waals surface area contributed by atoms with Crippen molar-refractivity contribution in [3.05, 3.63) is 34.5 Å². The number of para-hydroxylation sites is 1. The van der Waals surface area contributed by atoms with Crippen molar-refractivity contribution in [3.63, 3.8) is 0 Å². The van der Waals surface area contributed by atoms with Gasteiger partial charge in [-0.05, 0) is 44.8 Å². The fourth-order valence-corrected chi connectivity index (χ4v) is 3.46. The van der Waals surface area contributed by atoms with Gasteiger partial charge in [-0.15, -0.1) is 0 Å². The number of carbonyl (C=O) groups excluding carboxylic acids is 1. The SMILES string of the molecule is CCNCC1CCN(C(=O)c2oc3c(Cl)cccc3c2C)CC1. The van der Waals surface area contributed by atoms with Crippen molar-refractivity contribution in [2.24, 2.45) is 5.92 Å². The monoisotopic (exact) mass is 334 g/mol. The quantitative estimate of drug-likeness (QED) is 0.923. The summed E-state index contributed by atoms with van der Waals surface area (Å²) in [6.07, 6.45) is 2.08. The van der Waals surface area contributed by atoms with E-state index >= 15 is 0 Å². The minimum absolute atomic E-state index is 0.0170. The van der Waals surface area contributed by atoms with Crippen LogP contribution in [0.3, 0.4) is 0 Å². The second-order valence-electron chi connectivity index (χ2n) is 6.22. The Morgan fingerprint density at radius 3 is 2.78 bits per heavy atom. The highest BCUT2D eigenvalue weighted by molar-refractivity contribution is 6.35. The molecule has 1 N–H and O–H groups in total. The van der Waals surface area contributed by atoms with E-state index in [2.05, 4.69) is 12.2 Å². The molecule has 2 heterocycles. The van der Waals surface area contributed by atoms with Crippen molar-refractivity contribution in [1.29, 1.82) is 0 Å². The van der Waals surface area contributed by atoms with E-state index in [4.69, 9.17) is 16.0 Å². The van der Waals surface area contributed by atoms with Gasteiger partial charge in [-0.2, -0.15) is 0 Å². The molecule has 1 saturated heterocycles. The van der Waals surface area contributed by atoms with Crippen LogP contribution in [-0.2, 0) is 0 Å². The number of amides is 1. The summed E-state index contributed by atoms with van der Waals surface area (Å²) in [6.45, 7) is 7.66. The van der Waals surface area contributed by atoms with E-state index in [0.29, 0.717) is 22.3 Å². The van der Waals surface area contributed by atoms with Crippen molar-refractivity contribution in [1.82, 2.24) is 10.2 Å². The van der Waals surface area contributed by atoms with Crippen LogP contribution in [0.1, 0.15) is 35.9 Å². The second-order valence-corrected chi connectivity index (χ2v) is 6.62. The van der Waals surface area contributed by atoms with Crippen LogP contribution >= 0.6 is 11.6 Å². The van der Waals surface area contributed by atoms with Gasteiger partial charge in [0.05, 0.1) is 5.02 Å². The molecular weight excluding hydrogens is 312 g/mol. The smallest absolute Gasteiger partial charge is 0.289 e. The second kappa shape index (κ2) is 6.93. The predicted octanol–water partition coefficient (Wildman–Crippen LogP) is 3.86. The van der Waals surface area contributed by atoms with Gasteiger partial charge in [-0.3, -0.25) is 4.79 Å². The van der Waals surface area contributed by atoms with Crippen LogP contribution in [0.15, 0.2) is 22.6 Å². The molecule has 0 aliphatic carbocycles. The van der Waals surface area contributed by atoms with Crippen molar-refractivity contribution < 1.29 is 9.21 Å². The average Bonchev–Trinajstić information content (AvgIpc) is 2.91. The summed E-state index contributed by atoms with van der Waals surface area (Å²) >= 11 is 6.17. The number of piperidine rings is 1. The zero-order chi connectivity index (χ0) is 16.4. The van der Waals surface area contributed by atoms with Gasteiger partial charge in [0, 0.05) is 24.0 Å². The molecule has 1 aliphatic heterocycles. The maximum absolute atomic E-state index is 12.8. The average molecular weight is 335 g/mol. The van der Waals surface area contributed by atoms with E-state index in [1.807, 2.05) is 24.0 Å². The minimum Gasteiger partial charge on any atom is -0.449 e. The van der Waals surface area contributed by atoms with Crippen LogP contribution in [0.5, 0.6) is 0 Å². The molecule has 124 valence electrons. The largest absolute Gasteiger partial charge is 0.449 e. The summed E-state index contributed by atoms with van der Waals surface area (Å²) in [5.74, 6) is 1.07. The molecule has 1 aromatic heterocycles. The first kappa shape index (κ1) is 16.3. The number of carbonyl (C=O) groups is 1. The van der Waals surface area contributed by atoms with Crippen LogP contribution in [0.4, 0.5) is 0 Å². The van der Waals surface area contributed by atoms with Gasteiger partial charge in [0.1, 0.15) is 0 Å². The van der Waals surface area contributed by atoms with Crippen LogP contribution in [-0.4, -0.2) is 37.0 Å². The van der Waals surface area contributed by atoms with E-state index < -0.39 is 0 Å². The number of hydrogen-bond acceptors (Lipinski definition) is 3. The Hall–Kier alpha value is -1.52. The maximum Gasteiger partial charge on any atom is 0.289 e. The molecule has 1 amide bonds. The Labute approximate surface area is 141 Å². The molecule has 1 aliphatic rings. The zero-order valence-electron chi connectivity index (χ0n) is 13.7. The maximum atomic E-state index is 12.8. The number of hydrogen-bond donors (Lipinski definition) is 1. The topological polar surface area (TPSA) is 45.5 Å². The molecule has 5 heteroatoms. The lowest BCUT2D eigenvalue weighted by Crippen LogP contribution is -2.40. The molecule has 0 spiro atoms. The Morgan fingerprint density at radius 2 is 2.13 bits per heavy atom. The normalized spacial score (nSPS) is 16.2. The first-order valence-electron chi connectivity index (χ1n) is 8.29. The number of benzene rings is 1.